The summed E-state index contributed by atoms with van der Waals surface area (Å²) in [6.45, 7) is 0. The monoisotopic (exact) mass is 433 g/mol. The van der Waals surface area contributed by atoms with Gasteiger partial charge in [-0.05, 0) is 22.6 Å². The lowest BCUT2D eigenvalue weighted by molar-refractivity contribution is -0.134. The van der Waals surface area contributed by atoms with Crippen LogP contribution in [0, 0.1) is 3.57 Å². The van der Waals surface area contributed by atoms with Crippen LogP contribution in [-0.2, 0) is 6.42 Å². The van der Waals surface area contributed by atoms with Gasteiger partial charge in [-0.25, -0.2) is 9.97 Å². The second-order valence-corrected chi connectivity index (χ2v) is 5.96. The number of halogens is 4. The summed E-state index contributed by atoms with van der Waals surface area (Å²) in [4.78, 5) is 8.49. The van der Waals surface area contributed by atoms with Gasteiger partial charge in [-0.1, -0.05) is 30.3 Å². The first kappa shape index (κ1) is 16.0. The zero-order valence-corrected chi connectivity index (χ0v) is 13.8. The lowest BCUT2D eigenvalue weighted by Crippen LogP contribution is -2.09. The Morgan fingerprint density at radius 3 is 2.48 bits per heavy atom. The fourth-order valence-electron chi connectivity index (χ4n) is 2.12. The van der Waals surface area contributed by atoms with Crippen LogP contribution in [0.4, 0.5) is 19.1 Å². The Balaban J connectivity index is 2.05. The Kier molecular flexibility index (Phi) is 4.13. The van der Waals surface area contributed by atoms with E-state index >= 15 is 0 Å². The summed E-state index contributed by atoms with van der Waals surface area (Å²) in [6, 6.07) is 9.37. The van der Waals surface area contributed by atoms with Crippen LogP contribution in [0.15, 0.2) is 30.3 Å². The first-order valence-corrected chi connectivity index (χ1v) is 7.76. The number of anilines is 1. The Hall–Kier alpha value is -1.91. The number of fused-ring (bicyclic) bond motifs is 1. The number of alkyl halides is 3. The molecule has 0 fully saturated rings. The molecule has 9 heteroatoms. The highest BCUT2D eigenvalue weighted by Crippen LogP contribution is 2.28. The van der Waals surface area contributed by atoms with Gasteiger partial charge in [0.05, 0.1) is 15.7 Å². The fraction of sp³-hybridized carbons (Fsp3) is 0.214. The number of nitrogens with zero attached hydrogens (tertiary/aromatic N) is 4. The molecule has 0 bridgehead atoms. The largest absolute Gasteiger partial charge is 0.389 e. The fourth-order valence-corrected chi connectivity index (χ4v) is 2.90. The van der Waals surface area contributed by atoms with E-state index in [2.05, 4.69) is 37.7 Å². The highest BCUT2D eigenvalue weighted by Gasteiger charge is 2.28. The Morgan fingerprint density at radius 1 is 1.13 bits per heavy atom. The maximum absolute atomic E-state index is 12.3. The molecule has 0 radical (unpaired) electrons. The lowest BCUT2D eigenvalue weighted by Gasteiger charge is -2.06. The number of hydrogen-bond acceptors (Lipinski definition) is 4. The molecule has 0 unspecified atom stereocenters. The standard InChI is InChI=1S/C14H11F3IN5/c15-14(16,17)7-6-9-20-12-10(18)11(8-4-2-1-3-5-8)21-13(19)23(12)22-9/h1-5H,6-7H2,(H2,19,21). The van der Waals surface area contributed by atoms with Gasteiger partial charge in [0.25, 0.3) is 0 Å². The predicted octanol–water partition coefficient (Wildman–Crippen LogP) is 3.47. The molecule has 1 aromatic carbocycles. The molecule has 3 aromatic rings. The molecule has 5 nitrogen and oxygen atoms in total. The summed E-state index contributed by atoms with van der Waals surface area (Å²) in [7, 11) is 0. The number of aromatic nitrogens is 4. The van der Waals surface area contributed by atoms with Gasteiger partial charge in [0, 0.05) is 12.0 Å². The zero-order valence-electron chi connectivity index (χ0n) is 11.7. The van der Waals surface area contributed by atoms with Crippen LogP contribution in [-0.4, -0.2) is 25.8 Å². The molecule has 0 atom stereocenters. The molecule has 120 valence electrons. The van der Waals surface area contributed by atoms with Crippen molar-refractivity contribution < 1.29 is 13.2 Å². The van der Waals surface area contributed by atoms with E-state index in [1.54, 1.807) is 0 Å². The summed E-state index contributed by atoms with van der Waals surface area (Å²) >= 11 is 2.05. The maximum atomic E-state index is 12.3. The number of nitrogen functional groups attached to an aromatic ring is 1. The molecular formula is C14H11F3IN5. The average Bonchev–Trinajstić information content (AvgIpc) is 2.94. The highest BCUT2D eigenvalue weighted by atomic mass is 127. The minimum atomic E-state index is -4.25. The maximum Gasteiger partial charge on any atom is 0.389 e. The van der Waals surface area contributed by atoms with Gasteiger partial charge in [0.2, 0.25) is 5.95 Å². The van der Waals surface area contributed by atoms with Crippen molar-refractivity contribution in [1.29, 1.82) is 0 Å². The number of benzene rings is 1. The van der Waals surface area contributed by atoms with Gasteiger partial charge in [0.15, 0.2) is 11.5 Å². The predicted molar refractivity (Wildman–Crippen MR) is 87.7 cm³/mol. The van der Waals surface area contributed by atoms with Gasteiger partial charge < -0.3 is 5.73 Å². The molecule has 0 aliphatic heterocycles. The number of nitrogens with two attached hydrogens (primary N) is 1. The third kappa shape index (κ3) is 3.38. The topological polar surface area (TPSA) is 69.1 Å². The zero-order chi connectivity index (χ0) is 16.6. The summed E-state index contributed by atoms with van der Waals surface area (Å²) in [5, 5.41) is 4.02. The molecule has 0 amide bonds. The van der Waals surface area contributed by atoms with E-state index in [1.165, 1.54) is 4.52 Å². The number of aryl methyl sites for hydroxylation is 1. The smallest absolute Gasteiger partial charge is 0.368 e. The molecule has 0 spiro atoms. The molecule has 0 saturated heterocycles. The van der Waals surface area contributed by atoms with Gasteiger partial charge in [-0.3, -0.25) is 0 Å². The molecular weight excluding hydrogens is 422 g/mol. The van der Waals surface area contributed by atoms with E-state index in [-0.39, 0.29) is 18.2 Å². The normalized spacial score (nSPS) is 12.0. The first-order chi connectivity index (χ1) is 10.8. The number of hydrogen-bond donors (Lipinski definition) is 1. The lowest BCUT2D eigenvalue weighted by atomic mass is 10.1. The second kappa shape index (κ2) is 5.95. The van der Waals surface area contributed by atoms with Crippen LogP contribution in [0.1, 0.15) is 12.2 Å². The van der Waals surface area contributed by atoms with Crippen molar-refractivity contribution in [2.75, 3.05) is 5.73 Å². The van der Waals surface area contributed by atoms with Crippen molar-refractivity contribution in [3.05, 3.63) is 39.7 Å². The highest BCUT2D eigenvalue weighted by molar-refractivity contribution is 14.1. The van der Waals surface area contributed by atoms with E-state index in [4.69, 9.17) is 5.73 Å². The molecule has 2 N–H and O–H groups in total. The summed E-state index contributed by atoms with van der Waals surface area (Å²) in [5.41, 5.74) is 7.78. The Morgan fingerprint density at radius 2 is 1.83 bits per heavy atom. The van der Waals surface area contributed by atoms with Gasteiger partial charge in [-0.15, -0.1) is 5.10 Å². The van der Waals surface area contributed by atoms with Gasteiger partial charge in [0.1, 0.15) is 0 Å². The van der Waals surface area contributed by atoms with Crippen LogP contribution in [0.3, 0.4) is 0 Å². The Labute approximate surface area is 142 Å². The SMILES string of the molecule is Nc1nc(-c2ccccc2)c(I)c2nc(CCC(F)(F)F)nn12. The van der Waals surface area contributed by atoms with Crippen molar-refractivity contribution in [2.45, 2.75) is 19.0 Å². The molecule has 0 aliphatic carbocycles. The molecule has 2 aromatic heterocycles. The third-order valence-electron chi connectivity index (χ3n) is 3.18. The van der Waals surface area contributed by atoms with E-state index in [0.717, 1.165) is 5.56 Å². The summed E-state index contributed by atoms with van der Waals surface area (Å²) in [6.07, 6.45) is -5.51. The molecule has 0 aliphatic rings. The van der Waals surface area contributed by atoms with E-state index in [9.17, 15) is 13.2 Å². The molecule has 3 rings (SSSR count). The quantitative estimate of drug-likeness (QED) is 0.643. The van der Waals surface area contributed by atoms with Crippen LogP contribution in [0.25, 0.3) is 16.9 Å². The van der Waals surface area contributed by atoms with Crippen LogP contribution >= 0.6 is 22.6 Å². The van der Waals surface area contributed by atoms with E-state index < -0.39 is 12.6 Å². The van der Waals surface area contributed by atoms with E-state index in [0.29, 0.717) is 14.9 Å². The van der Waals surface area contributed by atoms with Gasteiger partial charge in [-0.2, -0.15) is 17.7 Å². The van der Waals surface area contributed by atoms with Crippen LogP contribution < -0.4 is 5.73 Å². The van der Waals surface area contributed by atoms with Gasteiger partial charge >= 0.3 is 6.18 Å². The number of rotatable bonds is 3. The molecule has 0 saturated carbocycles. The van der Waals surface area contributed by atoms with Crippen LogP contribution in [0.2, 0.25) is 0 Å². The Bertz CT molecular complexity index is 845. The summed E-state index contributed by atoms with van der Waals surface area (Å²) < 4.78 is 39.0. The summed E-state index contributed by atoms with van der Waals surface area (Å²) in [5.74, 6) is 0.184. The van der Waals surface area contributed by atoms with Crippen molar-refractivity contribution in [2.24, 2.45) is 0 Å². The minimum Gasteiger partial charge on any atom is -0.368 e. The van der Waals surface area contributed by atoms with Crippen molar-refractivity contribution >= 4 is 34.2 Å². The average molecular weight is 433 g/mol. The first-order valence-electron chi connectivity index (χ1n) is 6.68. The minimum absolute atomic E-state index is 0.0880. The second-order valence-electron chi connectivity index (χ2n) is 4.88. The third-order valence-corrected chi connectivity index (χ3v) is 4.17. The van der Waals surface area contributed by atoms with Crippen molar-refractivity contribution in [3.8, 4) is 11.3 Å². The van der Waals surface area contributed by atoms with Crippen molar-refractivity contribution in [1.82, 2.24) is 19.6 Å². The van der Waals surface area contributed by atoms with E-state index in [1.807, 2.05) is 30.3 Å². The molecule has 2 heterocycles. The molecule has 23 heavy (non-hydrogen) atoms. The van der Waals surface area contributed by atoms with Crippen LogP contribution in [0.5, 0.6) is 0 Å². The van der Waals surface area contributed by atoms with Crippen molar-refractivity contribution in [3.63, 3.8) is 0 Å².